The quantitative estimate of drug-likeness (QED) is 0.504. The third kappa shape index (κ3) is 5.78. The molecule has 1 aliphatic rings. The highest BCUT2D eigenvalue weighted by atomic mass is 35.5. The number of benzene rings is 3. The first kappa shape index (κ1) is 23.0. The van der Waals surface area contributed by atoms with E-state index in [9.17, 15) is 9.59 Å². The average molecular weight is 484 g/mol. The molecule has 0 radical (unpaired) electrons. The summed E-state index contributed by atoms with van der Waals surface area (Å²) in [6.45, 7) is 4.71. The van der Waals surface area contributed by atoms with Gasteiger partial charge in [-0.15, -0.1) is 0 Å². The molecule has 1 fully saturated rings. The minimum Gasteiger partial charge on any atom is -0.457 e. The number of hydrogen-bond donors (Lipinski definition) is 1. The zero-order valence-electron chi connectivity index (χ0n) is 18.1. The van der Waals surface area contributed by atoms with Crippen LogP contribution in [0, 0.1) is 0 Å². The number of carbonyl (C=O) groups excluding carboxylic acids is 2. The van der Waals surface area contributed by atoms with Crippen molar-refractivity contribution in [3.8, 4) is 11.5 Å². The first-order valence-corrected chi connectivity index (χ1v) is 11.3. The summed E-state index contributed by atoms with van der Waals surface area (Å²) in [6, 6.07) is 19.7. The topological polar surface area (TPSA) is 61.9 Å². The second-order valence-corrected chi connectivity index (χ2v) is 8.51. The third-order valence-corrected chi connectivity index (χ3v) is 6.20. The molecule has 0 spiro atoms. The molecule has 3 aromatic rings. The summed E-state index contributed by atoms with van der Waals surface area (Å²) in [7, 11) is 0. The van der Waals surface area contributed by atoms with Crippen molar-refractivity contribution in [2.75, 3.05) is 36.4 Å². The van der Waals surface area contributed by atoms with Crippen LogP contribution in [-0.4, -0.2) is 42.9 Å². The van der Waals surface area contributed by atoms with Gasteiger partial charge in [-0.25, -0.2) is 0 Å². The van der Waals surface area contributed by atoms with E-state index < -0.39 is 0 Å². The number of carbonyl (C=O) groups is 2. The van der Waals surface area contributed by atoms with Crippen LogP contribution in [0.25, 0.3) is 0 Å². The first-order valence-electron chi connectivity index (χ1n) is 10.5. The largest absolute Gasteiger partial charge is 0.457 e. The van der Waals surface area contributed by atoms with E-state index in [1.165, 1.54) is 6.07 Å². The van der Waals surface area contributed by atoms with Crippen LogP contribution in [0.1, 0.15) is 17.3 Å². The van der Waals surface area contributed by atoms with Gasteiger partial charge in [0.05, 0.1) is 10.0 Å². The molecule has 0 aliphatic carbocycles. The van der Waals surface area contributed by atoms with Crippen molar-refractivity contribution < 1.29 is 14.3 Å². The molecule has 3 aromatic carbocycles. The zero-order valence-corrected chi connectivity index (χ0v) is 19.6. The number of ether oxygens (including phenoxy) is 1. The van der Waals surface area contributed by atoms with Crippen LogP contribution in [0.5, 0.6) is 11.5 Å². The molecule has 0 atom stereocenters. The fourth-order valence-corrected chi connectivity index (χ4v) is 3.89. The Morgan fingerprint density at radius 1 is 0.818 bits per heavy atom. The van der Waals surface area contributed by atoms with Gasteiger partial charge in [0.15, 0.2) is 0 Å². The van der Waals surface area contributed by atoms with Gasteiger partial charge in [0.25, 0.3) is 5.91 Å². The molecular formula is C25H23Cl2N3O3. The van der Waals surface area contributed by atoms with E-state index in [0.29, 0.717) is 32.8 Å². The Morgan fingerprint density at radius 3 is 2.00 bits per heavy atom. The van der Waals surface area contributed by atoms with Gasteiger partial charge in [0, 0.05) is 50.0 Å². The number of nitrogens with zero attached hydrogens (tertiary/aromatic N) is 2. The van der Waals surface area contributed by atoms with Gasteiger partial charge >= 0.3 is 0 Å². The van der Waals surface area contributed by atoms with Crippen molar-refractivity contribution in [1.82, 2.24) is 4.90 Å². The molecule has 0 saturated carbocycles. The minimum absolute atomic E-state index is 0.123. The molecule has 2 amide bonds. The molecule has 8 heteroatoms. The highest BCUT2D eigenvalue weighted by Crippen LogP contribution is 2.27. The molecule has 1 N–H and O–H groups in total. The number of hydrogen-bond acceptors (Lipinski definition) is 4. The third-order valence-electron chi connectivity index (χ3n) is 5.46. The van der Waals surface area contributed by atoms with Crippen molar-refractivity contribution in [3.05, 3.63) is 82.3 Å². The molecule has 33 heavy (non-hydrogen) atoms. The number of amides is 2. The summed E-state index contributed by atoms with van der Waals surface area (Å²) < 4.78 is 5.93. The van der Waals surface area contributed by atoms with Crippen LogP contribution < -0.4 is 15.0 Å². The van der Waals surface area contributed by atoms with E-state index in [2.05, 4.69) is 10.2 Å². The molecule has 0 aromatic heterocycles. The lowest BCUT2D eigenvalue weighted by Gasteiger charge is -2.35. The Balaban J connectivity index is 1.33. The van der Waals surface area contributed by atoms with Gasteiger partial charge in [0.1, 0.15) is 11.5 Å². The van der Waals surface area contributed by atoms with E-state index in [-0.39, 0.29) is 11.8 Å². The van der Waals surface area contributed by atoms with Crippen LogP contribution in [0.2, 0.25) is 10.0 Å². The van der Waals surface area contributed by atoms with Gasteiger partial charge < -0.3 is 19.9 Å². The summed E-state index contributed by atoms with van der Waals surface area (Å²) in [5.41, 5.74) is 2.16. The Morgan fingerprint density at radius 2 is 1.42 bits per heavy atom. The lowest BCUT2D eigenvalue weighted by Crippen LogP contribution is -2.48. The number of piperazine rings is 1. The van der Waals surface area contributed by atoms with E-state index in [1.807, 2.05) is 29.2 Å². The second-order valence-electron chi connectivity index (χ2n) is 7.70. The van der Waals surface area contributed by atoms with Crippen molar-refractivity contribution in [2.45, 2.75) is 6.92 Å². The average Bonchev–Trinajstić information content (AvgIpc) is 2.82. The van der Waals surface area contributed by atoms with Gasteiger partial charge in [-0.3, -0.25) is 9.59 Å². The standard InChI is InChI=1S/C25H23Cl2N3O3/c1-17(31)29-12-14-30(15-13-29)20-5-9-22(10-6-20)33-21-7-3-19(4-8-21)28-25(32)18-2-11-23(26)24(27)16-18/h2-11,16H,12-15H2,1H3,(H,28,32). The van der Waals surface area contributed by atoms with E-state index in [0.717, 1.165) is 31.9 Å². The zero-order chi connectivity index (χ0) is 23.4. The van der Waals surface area contributed by atoms with Crippen LogP contribution in [0.15, 0.2) is 66.7 Å². The molecule has 170 valence electrons. The maximum Gasteiger partial charge on any atom is 0.255 e. The van der Waals surface area contributed by atoms with Crippen LogP contribution in [0.4, 0.5) is 11.4 Å². The molecule has 6 nitrogen and oxygen atoms in total. The maximum absolute atomic E-state index is 12.4. The molecule has 1 aliphatic heterocycles. The fraction of sp³-hybridized carbons (Fsp3) is 0.200. The SMILES string of the molecule is CC(=O)N1CCN(c2ccc(Oc3ccc(NC(=O)c4ccc(Cl)c(Cl)c4)cc3)cc2)CC1. The summed E-state index contributed by atoms with van der Waals surface area (Å²) in [6.07, 6.45) is 0. The molecule has 4 rings (SSSR count). The summed E-state index contributed by atoms with van der Waals surface area (Å²) >= 11 is 11.9. The smallest absolute Gasteiger partial charge is 0.255 e. The maximum atomic E-state index is 12.4. The Kier molecular flexibility index (Phi) is 7.06. The van der Waals surface area contributed by atoms with Gasteiger partial charge in [-0.2, -0.15) is 0 Å². The first-order chi connectivity index (χ1) is 15.9. The number of nitrogens with one attached hydrogen (secondary N) is 1. The van der Waals surface area contributed by atoms with Crippen LogP contribution in [-0.2, 0) is 4.79 Å². The molecule has 0 unspecified atom stereocenters. The van der Waals surface area contributed by atoms with Gasteiger partial charge in [-0.05, 0) is 66.7 Å². The highest BCUT2D eigenvalue weighted by molar-refractivity contribution is 6.42. The monoisotopic (exact) mass is 483 g/mol. The lowest BCUT2D eigenvalue weighted by molar-refractivity contribution is -0.129. The number of anilines is 2. The summed E-state index contributed by atoms with van der Waals surface area (Å²) in [5.74, 6) is 1.22. The molecule has 1 heterocycles. The molecular weight excluding hydrogens is 461 g/mol. The van der Waals surface area contributed by atoms with Gasteiger partial charge in [0.2, 0.25) is 5.91 Å². The van der Waals surface area contributed by atoms with Gasteiger partial charge in [-0.1, -0.05) is 23.2 Å². The van der Waals surface area contributed by atoms with Crippen molar-refractivity contribution in [3.63, 3.8) is 0 Å². The molecule has 0 bridgehead atoms. The van der Waals surface area contributed by atoms with E-state index in [4.69, 9.17) is 27.9 Å². The van der Waals surface area contributed by atoms with E-state index >= 15 is 0 Å². The second kappa shape index (κ2) is 10.1. The summed E-state index contributed by atoms with van der Waals surface area (Å²) in [5, 5.41) is 3.56. The van der Waals surface area contributed by atoms with Crippen LogP contribution in [0.3, 0.4) is 0 Å². The normalized spacial score (nSPS) is 13.5. The van der Waals surface area contributed by atoms with Crippen molar-refractivity contribution >= 4 is 46.4 Å². The molecule has 1 saturated heterocycles. The Bertz CT molecular complexity index is 1140. The predicted molar refractivity (Wildman–Crippen MR) is 132 cm³/mol. The Labute approximate surface area is 202 Å². The predicted octanol–water partition coefficient (Wildman–Crippen LogP) is 5.71. The number of rotatable bonds is 5. The summed E-state index contributed by atoms with van der Waals surface area (Å²) in [4.78, 5) is 28.0. The van der Waals surface area contributed by atoms with Crippen molar-refractivity contribution in [2.24, 2.45) is 0 Å². The Hall–Kier alpha value is -3.22. The number of halogens is 2. The van der Waals surface area contributed by atoms with Crippen LogP contribution >= 0.6 is 23.2 Å². The van der Waals surface area contributed by atoms with Crippen molar-refractivity contribution in [1.29, 1.82) is 0 Å². The van der Waals surface area contributed by atoms with E-state index in [1.54, 1.807) is 43.3 Å². The lowest BCUT2D eigenvalue weighted by atomic mass is 10.2. The fourth-order valence-electron chi connectivity index (χ4n) is 3.59. The highest BCUT2D eigenvalue weighted by Gasteiger charge is 2.18. The minimum atomic E-state index is -0.276.